The van der Waals surface area contributed by atoms with Crippen molar-refractivity contribution in [2.24, 2.45) is 5.92 Å². The van der Waals surface area contributed by atoms with Crippen LogP contribution < -0.4 is 0 Å². The maximum Gasteiger partial charge on any atom is 0.332 e. The van der Waals surface area contributed by atoms with Gasteiger partial charge in [-0.05, 0) is 32.6 Å². The van der Waals surface area contributed by atoms with Crippen LogP contribution in [-0.4, -0.2) is 59.8 Å². The average Bonchev–Trinajstić information content (AvgIpc) is 2.97. The molecule has 0 aromatic carbocycles. The zero-order valence-corrected chi connectivity index (χ0v) is 12.1. The van der Waals surface area contributed by atoms with Gasteiger partial charge in [0.05, 0.1) is 12.5 Å². The van der Waals surface area contributed by atoms with Crippen LogP contribution in [0.1, 0.15) is 32.6 Å². The zero-order chi connectivity index (χ0) is 15.4. The Hall–Kier alpha value is -1.63. The van der Waals surface area contributed by atoms with E-state index in [2.05, 4.69) is 0 Å². The predicted molar refractivity (Wildman–Crippen MR) is 71.5 cm³/mol. The van der Waals surface area contributed by atoms with E-state index in [4.69, 9.17) is 14.6 Å². The van der Waals surface area contributed by atoms with Gasteiger partial charge in [0, 0.05) is 13.1 Å². The Morgan fingerprint density at radius 1 is 1.24 bits per heavy atom. The highest BCUT2D eigenvalue weighted by molar-refractivity contribution is 5.83. The highest BCUT2D eigenvalue weighted by atomic mass is 16.5. The van der Waals surface area contributed by atoms with Gasteiger partial charge in [-0.25, -0.2) is 4.79 Å². The number of likely N-dealkylation sites (tertiary alicyclic amines) is 1. The van der Waals surface area contributed by atoms with E-state index in [0.717, 1.165) is 6.42 Å². The van der Waals surface area contributed by atoms with Gasteiger partial charge < -0.3 is 19.5 Å². The second-order valence-corrected chi connectivity index (χ2v) is 5.40. The van der Waals surface area contributed by atoms with E-state index >= 15 is 0 Å². The van der Waals surface area contributed by atoms with Gasteiger partial charge in [-0.3, -0.25) is 9.59 Å². The minimum absolute atomic E-state index is 0.215. The van der Waals surface area contributed by atoms with Gasteiger partial charge in [-0.1, -0.05) is 0 Å². The maximum absolute atomic E-state index is 12.4. The second-order valence-electron chi connectivity index (χ2n) is 5.40. The van der Waals surface area contributed by atoms with Crippen LogP contribution in [0.3, 0.4) is 0 Å². The van der Waals surface area contributed by atoms with E-state index in [0.29, 0.717) is 39.0 Å². The van der Waals surface area contributed by atoms with Crippen molar-refractivity contribution in [3.63, 3.8) is 0 Å². The highest BCUT2D eigenvalue weighted by Crippen LogP contribution is 2.25. The lowest BCUT2D eigenvalue weighted by Crippen LogP contribution is -2.47. The van der Waals surface area contributed by atoms with Crippen molar-refractivity contribution in [1.82, 2.24) is 4.90 Å². The third-order valence-corrected chi connectivity index (χ3v) is 3.92. The normalized spacial score (nSPS) is 29.2. The smallest absolute Gasteiger partial charge is 0.332 e. The van der Waals surface area contributed by atoms with Crippen molar-refractivity contribution < 1.29 is 29.0 Å². The molecule has 2 saturated heterocycles. The number of piperidine rings is 1. The van der Waals surface area contributed by atoms with Crippen molar-refractivity contribution in [3.8, 4) is 0 Å². The summed E-state index contributed by atoms with van der Waals surface area (Å²) in [6.45, 7) is 2.99. The Balaban J connectivity index is 1.90. The van der Waals surface area contributed by atoms with Gasteiger partial charge in [-0.15, -0.1) is 0 Å². The third-order valence-electron chi connectivity index (χ3n) is 3.92. The number of rotatable bonds is 4. The van der Waals surface area contributed by atoms with Gasteiger partial charge >= 0.3 is 11.9 Å². The van der Waals surface area contributed by atoms with E-state index in [1.54, 1.807) is 11.8 Å². The topological polar surface area (TPSA) is 93.1 Å². The fourth-order valence-electron chi connectivity index (χ4n) is 2.83. The van der Waals surface area contributed by atoms with Crippen molar-refractivity contribution in [3.05, 3.63) is 0 Å². The van der Waals surface area contributed by atoms with Crippen molar-refractivity contribution >= 4 is 17.8 Å². The Bertz CT molecular complexity index is 424. The summed E-state index contributed by atoms with van der Waals surface area (Å²) in [6.07, 6.45) is 0.615. The molecule has 0 aliphatic carbocycles. The van der Waals surface area contributed by atoms with E-state index < -0.39 is 18.2 Å². The first kappa shape index (κ1) is 15.8. The summed E-state index contributed by atoms with van der Waals surface area (Å²) in [6, 6.07) is 0. The molecule has 3 unspecified atom stereocenters. The molecule has 0 bridgehead atoms. The van der Waals surface area contributed by atoms with Crippen LogP contribution in [0.15, 0.2) is 0 Å². The van der Waals surface area contributed by atoms with Gasteiger partial charge in [0.2, 0.25) is 0 Å². The van der Waals surface area contributed by atoms with Gasteiger partial charge in [0.25, 0.3) is 5.91 Å². The van der Waals surface area contributed by atoms with Gasteiger partial charge in [-0.2, -0.15) is 0 Å². The molecule has 7 nitrogen and oxygen atoms in total. The quantitative estimate of drug-likeness (QED) is 0.756. The summed E-state index contributed by atoms with van der Waals surface area (Å²) in [5, 5.41) is 8.89. The fraction of sp³-hybridized carbons (Fsp3) is 0.786. The lowest BCUT2D eigenvalue weighted by atomic mass is 9.97. The molecule has 2 aliphatic rings. The summed E-state index contributed by atoms with van der Waals surface area (Å²) in [5.74, 6) is -1.81. The number of nitrogens with zero attached hydrogens (tertiary/aromatic N) is 1. The van der Waals surface area contributed by atoms with Crippen LogP contribution in [0.5, 0.6) is 0 Å². The number of carboxylic acids is 1. The van der Waals surface area contributed by atoms with Gasteiger partial charge in [0.1, 0.15) is 6.10 Å². The molecular formula is C14H21NO6. The minimum atomic E-state index is -1.03. The minimum Gasteiger partial charge on any atom is -0.479 e. The molecule has 2 fully saturated rings. The number of esters is 1. The zero-order valence-electron chi connectivity index (χ0n) is 12.1. The molecule has 0 spiro atoms. The van der Waals surface area contributed by atoms with Crippen molar-refractivity contribution in [1.29, 1.82) is 0 Å². The average molecular weight is 299 g/mol. The van der Waals surface area contributed by atoms with Crippen LogP contribution in [0.25, 0.3) is 0 Å². The monoisotopic (exact) mass is 299 g/mol. The van der Waals surface area contributed by atoms with Crippen LogP contribution >= 0.6 is 0 Å². The first-order chi connectivity index (χ1) is 10.0. The number of hydrogen-bond donors (Lipinski definition) is 1. The molecule has 0 aromatic rings. The van der Waals surface area contributed by atoms with Crippen LogP contribution in [0, 0.1) is 5.92 Å². The summed E-state index contributed by atoms with van der Waals surface area (Å²) < 4.78 is 10.3. The summed E-state index contributed by atoms with van der Waals surface area (Å²) in [4.78, 5) is 36.6. The maximum atomic E-state index is 12.4. The fourth-order valence-corrected chi connectivity index (χ4v) is 2.83. The highest BCUT2D eigenvalue weighted by Gasteiger charge is 2.38. The number of carbonyl (C=O) groups is 3. The van der Waals surface area contributed by atoms with E-state index in [1.165, 1.54) is 0 Å². The first-order valence-electron chi connectivity index (χ1n) is 7.36. The standard InChI is InChI=1S/C14H21NO6/c1-2-20-14(19)9-4-3-7-15(8-9)12(16)10-5-6-11(21-10)13(17)18/h9-11H,2-8H2,1H3,(H,17,18). The molecule has 0 radical (unpaired) electrons. The van der Waals surface area contributed by atoms with Crippen LogP contribution in [0.4, 0.5) is 0 Å². The molecule has 0 saturated carbocycles. The van der Waals surface area contributed by atoms with Crippen LogP contribution in [0.2, 0.25) is 0 Å². The number of carboxylic acid groups (broad SMARTS) is 1. The molecule has 2 rings (SSSR count). The summed E-state index contributed by atoms with van der Waals surface area (Å²) in [7, 11) is 0. The Morgan fingerprint density at radius 3 is 2.57 bits per heavy atom. The number of aliphatic carboxylic acids is 1. The van der Waals surface area contributed by atoms with E-state index in [-0.39, 0.29) is 17.8 Å². The number of hydrogen-bond acceptors (Lipinski definition) is 5. The predicted octanol–water partition coefficient (Wildman–Crippen LogP) is 0.420. The summed E-state index contributed by atoms with van der Waals surface area (Å²) >= 11 is 0. The largest absolute Gasteiger partial charge is 0.479 e. The Morgan fingerprint density at radius 2 is 1.95 bits per heavy atom. The second kappa shape index (κ2) is 6.89. The number of amides is 1. The lowest BCUT2D eigenvalue weighted by Gasteiger charge is -2.33. The number of ether oxygens (including phenoxy) is 2. The Kier molecular flexibility index (Phi) is 5.17. The van der Waals surface area contributed by atoms with Crippen LogP contribution in [-0.2, 0) is 23.9 Å². The van der Waals surface area contributed by atoms with E-state index in [1.807, 2.05) is 0 Å². The molecule has 3 atom stereocenters. The Labute approximate surface area is 123 Å². The van der Waals surface area contributed by atoms with Crippen molar-refractivity contribution in [2.45, 2.75) is 44.8 Å². The van der Waals surface area contributed by atoms with E-state index in [9.17, 15) is 14.4 Å². The molecule has 1 amide bonds. The molecule has 1 N–H and O–H groups in total. The number of carbonyl (C=O) groups excluding carboxylic acids is 2. The van der Waals surface area contributed by atoms with Gasteiger partial charge in [0.15, 0.2) is 6.10 Å². The molecule has 2 aliphatic heterocycles. The SMILES string of the molecule is CCOC(=O)C1CCCN(C(=O)C2CCC(C(=O)O)O2)C1. The van der Waals surface area contributed by atoms with Crippen molar-refractivity contribution in [2.75, 3.05) is 19.7 Å². The molecule has 21 heavy (non-hydrogen) atoms. The summed E-state index contributed by atoms with van der Waals surface area (Å²) in [5.41, 5.74) is 0. The molecule has 2 heterocycles. The third kappa shape index (κ3) is 3.72. The molecule has 7 heteroatoms. The molecule has 0 aromatic heterocycles. The lowest BCUT2D eigenvalue weighted by molar-refractivity contribution is -0.157. The first-order valence-corrected chi connectivity index (χ1v) is 7.36. The molecular weight excluding hydrogens is 278 g/mol. The molecule has 118 valence electrons.